The summed E-state index contributed by atoms with van der Waals surface area (Å²) >= 11 is 1.46. The van der Waals surface area contributed by atoms with Crippen LogP contribution in [0.5, 0.6) is 0 Å². The third-order valence-corrected chi connectivity index (χ3v) is 2.28. The first kappa shape index (κ1) is 8.06. The molecule has 6 heteroatoms. The van der Waals surface area contributed by atoms with Crippen LogP contribution in [0.4, 0.5) is 0 Å². The molecule has 0 atom stereocenters. The molecule has 2 aromatic heterocycles. The summed E-state index contributed by atoms with van der Waals surface area (Å²) in [5.41, 5.74) is 0.357. The van der Waals surface area contributed by atoms with Crippen molar-refractivity contribution in [2.45, 2.75) is 6.42 Å². The summed E-state index contributed by atoms with van der Waals surface area (Å²) < 4.78 is 0. The summed E-state index contributed by atoms with van der Waals surface area (Å²) in [5.74, 6) is -0.0660. The minimum Gasteiger partial charge on any atom is -0.292 e. The maximum atomic E-state index is 11.4. The van der Waals surface area contributed by atoms with Crippen LogP contribution < -0.4 is 0 Å². The average Bonchev–Trinajstić information content (AvgIpc) is 2.74. The first-order chi connectivity index (χ1) is 6.36. The molecule has 1 N–H and O–H groups in total. The van der Waals surface area contributed by atoms with Gasteiger partial charge in [-0.15, -0.1) is 11.3 Å². The Hall–Kier alpha value is -1.56. The number of hydrogen-bond donors (Lipinski definition) is 1. The highest BCUT2D eigenvalue weighted by atomic mass is 32.1. The van der Waals surface area contributed by atoms with Crippen LogP contribution in [-0.2, 0) is 6.42 Å². The molecule has 2 heterocycles. The molecule has 0 unspecified atom stereocenters. The van der Waals surface area contributed by atoms with Gasteiger partial charge < -0.3 is 0 Å². The van der Waals surface area contributed by atoms with Crippen molar-refractivity contribution in [3.05, 3.63) is 28.5 Å². The van der Waals surface area contributed by atoms with E-state index in [4.69, 9.17) is 0 Å². The van der Waals surface area contributed by atoms with Gasteiger partial charge in [-0.2, -0.15) is 15.4 Å². The predicted molar refractivity (Wildman–Crippen MR) is 46.5 cm³/mol. The number of rotatable bonds is 3. The van der Waals surface area contributed by atoms with Crippen molar-refractivity contribution in [2.24, 2.45) is 0 Å². The van der Waals surface area contributed by atoms with E-state index < -0.39 is 0 Å². The van der Waals surface area contributed by atoms with Gasteiger partial charge in [0.05, 0.1) is 12.6 Å². The number of carbonyl (C=O) groups is 1. The van der Waals surface area contributed by atoms with Gasteiger partial charge in [0.25, 0.3) is 0 Å². The molecule has 66 valence electrons. The summed E-state index contributed by atoms with van der Waals surface area (Å²) in [5, 5.41) is 12.3. The lowest BCUT2D eigenvalue weighted by Crippen LogP contribution is -2.03. The Balaban J connectivity index is 2.08. The van der Waals surface area contributed by atoms with Gasteiger partial charge in [0.2, 0.25) is 0 Å². The fourth-order valence-electron chi connectivity index (χ4n) is 0.904. The molecular weight excluding hydrogens is 188 g/mol. The van der Waals surface area contributed by atoms with Gasteiger partial charge >= 0.3 is 0 Å². The molecule has 0 amide bonds. The van der Waals surface area contributed by atoms with E-state index in [0.29, 0.717) is 12.1 Å². The minimum absolute atomic E-state index is 0.0660. The highest BCUT2D eigenvalue weighted by Crippen LogP contribution is 2.07. The summed E-state index contributed by atoms with van der Waals surface area (Å²) in [6, 6.07) is 0. The fourth-order valence-corrected chi connectivity index (χ4v) is 1.52. The van der Waals surface area contributed by atoms with Crippen LogP contribution in [0.3, 0.4) is 0 Å². The number of aromatic amines is 1. The van der Waals surface area contributed by atoms with Crippen molar-refractivity contribution < 1.29 is 4.79 Å². The lowest BCUT2D eigenvalue weighted by molar-refractivity contribution is 0.0988. The third-order valence-electron chi connectivity index (χ3n) is 1.50. The molecule has 13 heavy (non-hydrogen) atoms. The highest BCUT2D eigenvalue weighted by Gasteiger charge is 2.10. The second-order valence-electron chi connectivity index (χ2n) is 2.38. The number of Topliss-reactive ketones (excluding diaryl/α,β-unsaturated/α-hetero) is 1. The maximum Gasteiger partial charge on any atom is 0.191 e. The fraction of sp³-hybridized carbons (Fsp3) is 0.143. The van der Waals surface area contributed by atoms with E-state index in [2.05, 4.69) is 20.4 Å². The Morgan fingerprint density at radius 2 is 2.54 bits per heavy atom. The Kier molecular flexibility index (Phi) is 2.13. The Bertz CT molecular complexity index is 381. The molecule has 0 bridgehead atoms. The van der Waals surface area contributed by atoms with Crippen molar-refractivity contribution in [1.82, 2.24) is 20.4 Å². The molecule has 0 fully saturated rings. The van der Waals surface area contributed by atoms with Crippen LogP contribution in [0.25, 0.3) is 0 Å². The van der Waals surface area contributed by atoms with Crippen LogP contribution in [0, 0.1) is 0 Å². The van der Waals surface area contributed by atoms with Crippen LogP contribution in [0.2, 0.25) is 0 Å². The van der Waals surface area contributed by atoms with Crippen molar-refractivity contribution in [3.63, 3.8) is 0 Å². The number of aromatic nitrogens is 4. The number of carbonyl (C=O) groups excluding carboxylic acids is 1. The van der Waals surface area contributed by atoms with E-state index in [-0.39, 0.29) is 5.78 Å². The van der Waals surface area contributed by atoms with E-state index in [1.54, 1.807) is 6.20 Å². The quantitative estimate of drug-likeness (QED) is 0.729. The first-order valence-electron chi connectivity index (χ1n) is 3.63. The number of H-pyrrole nitrogens is 1. The zero-order valence-corrected chi connectivity index (χ0v) is 7.41. The lowest BCUT2D eigenvalue weighted by Gasteiger charge is -1.90. The van der Waals surface area contributed by atoms with Crippen molar-refractivity contribution in [3.8, 4) is 0 Å². The molecule has 0 radical (unpaired) electrons. The summed E-state index contributed by atoms with van der Waals surface area (Å²) in [6.45, 7) is 0. The lowest BCUT2D eigenvalue weighted by atomic mass is 10.2. The zero-order valence-electron chi connectivity index (χ0n) is 6.60. The van der Waals surface area contributed by atoms with E-state index >= 15 is 0 Å². The number of hydrogen-bond acceptors (Lipinski definition) is 5. The zero-order chi connectivity index (χ0) is 9.10. The van der Waals surface area contributed by atoms with E-state index in [1.165, 1.54) is 17.5 Å². The van der Waals surface area contributed by atoms with Crippen LogP contribution >= 0.6 is 11.3 Å². The Morgan fingerprint density at radius 1 is 1.62 bits per heavy atom. The monoisotopic (exact) mass is 194 g/mol. The third kappa shape index (κ3) is 1.78. The molecule has 2 rings (SSSR count). The van der Waals surface area contributed by atoms with Crippen LogP contribution in [-0.4, -0.2) is 26.2 Å². The van der Waals surface area contributed by atoms with Crippen LogP contribution in [0.1, 0.15) is 15.5 Å². The summed E-state index contributed by atoms with van der Waals surface area (Å²) in [4.78, 5) is 15.4. The maximum absolute atomic E-state index is 11.4. The second-order valence-corrected chi connectivity index (χ2v) is 3.36. The standard InChI is InChI=1S/C7H6N4OS/c12-6(5-4-9-11-10-5)3-7-8-1-2-13-7/h1-2,4H,3H2,(H,9,10,11). The van der Waals surface area contributed by atoms with E-state index in [0.717, 1.165) is 5.01 Å². The van der Waals surface area contributed by atoms with Crippen molar-refractivity contribution in [1.29, 1.82) is 0 Å². The van der Waals surface area contributed by atoms with Gasteiger partial charge in [-0.1, -0.05) is 0 Å². The first-order valence-corrected chi connectivity index (χ1v) is 4.51. The normalized spacial score (nSPS) is 10.2. The molecule has 0 saturated carbocycles. The number of thiazole rings is 1. The number of nitrogens with one attached hydrogen (secondary N) is 1. The Morgan fingerprint density at radius 3 is 3.15 bits per heavy atom. The molecule has 0 saturated heterocycles. The van der Waals surface area contributed by atoms with Crippen molar-refractivity contribution >= 4 is 17.1 Å². The highest BCUT2D eigenvalue weighted by molar-refractivity contribution is 7.09. The van der Waals surface area contributed by atoms with Gasteiger partial charge in [-0.25, -0.2) is 4.98 Å². The van der Waals surface area contributed by atoms with E-state index in [1.807, 2.05) is 5.38 Å². The Labute approximate surface area is 77.8 Å². The van der Waals surface area contributed by atoms with Gasteiger partial charge in [-0.3, -0.25) is 4.79 Å². The molecule has 0 spiro atoms. The van der Waals surface area contributed by atoms with Gasteiger partial charge in [-0.05, 0) is 0 Å². The average molecular weight is 194 g/mol. The minimum atomic E-state index is -0.0660. The second kappa shape index (κ2) is 3.44. The van der Waals surface area contributed by atoms with E-state index in [9.17, 15) is 4.79 Å². The largest absolute Gasteiger partial charge is 0.292 e. The molecule has 0 aliphatic rings. The predicted octanol–water partition coefficient (Wildman–Crippen LogP) is 0.687. The molecule has 0 aromatic carbocycles. The van der Waals surface area contributed by atoms with Gasteiger partial charge in [0, 0.05) is 11.6 Å². The number of nitrogens with zero attached hydrogens (tertiary/aromatic N) is 3. The molecule has 0 aliphatic heterocycles. The smallest absolute Gasteiger partial charge is 0.191 e. The number of ketones is 1. The molecular formula is C7H6N4OS. The van der Waals surface area contributed by atoms with Gasteiger partial charge in [0.15, 0.2) is 5.78 Å². The molecule has 0 aliphatic carbocycles. The topological polar surface area (TPSA) is 71.5 Å². The summed E-state index contributed by atoms with van der Waals surface area (Å²) in [6.07, 6.45) is 3.39. The molecule has 2 aromatic rings. The van der Waals surface area contributed by atoms with Gasteiger partial charge in [0.1, 0.15) is 10.7 Å². The molecule has 5 nitrogen and oxygen atoms in total. The SMILES string of the molecule is O=C(Cc1nccs1)c1cn[nH]n1. The van der Waals surface area contributed by atoms with Crippen molar-refractivity contribution in [2.75, 3.05) is 0 Å². The van der Waals surface area contributed by atoms with Crippen LogP contribution in [0.15, 0.2) is 17.8 Å². The summed E-state index contributed by atoms with van der Waals surface area (Å²) in [7, 11) is 0.